The van der Waals surface area contributed by atoms with Crippen LogP contribution in [0.4, 0.5) is 0 Å². The molecular formula is C25H27N. The molecule has 0 fully saturated rings. The summed E-state index contributed by atoms with van der Waals surface area (Å²) in [6.45, 7) is 6.45. The quantitative estimate of drug-likeness (QED) is 0.523. The van der Waals surface area contributed by atoms with Crippen LogP contribution in [0.2, 0.25) is 0 Å². The first kappa shape index (κ1) is 12.9. The molecule has 26 heavy (non-hydrogen) atoms. The van der Waals surface area contributed by atoms with Crippen LogP contribution >= 0.6 is 0 Å². The van der Waals surface area contributed by atoms with Crippen molar-refractivity contribution in [1.29, 1.82) is 0 Å². The first-order valence-electron chi connectivity index (χ1n) is 11.1. The van der Waals surface area contributed by atoms with Crippen LogP contribution in [0.15, 0.2) is 66.9 Å². The minimum Gasteiger partial charge on any atom is -0.256 e. The Kier molecular flexibility index (Phi) is 2.87. The second-order valence-electron chi connectivity index (χ2n) is 8.18. The third-order valence-corrected chi connectivity index (χ3v) is 5.74. The second-order valence-corrected chi connectivity index (χ2v) is 8.18. The van der Waals surface area contributed by atoms with E-state index in [1.54, 1.807) is 12.1 Å². The molecule has 0 radical (unpaired) electrons. The van der Waals surface area contributed by atoms with Gasteiger partial charge in [0.25, 0.3) is 0 Å². The molecule has 1 aliphatic rings. The van der Waals surface area contributed by atoms with Gasteiger partial charge >= 0.3 is 0 Å². The highest BCUT2D eigenvalue weighted by atomic mass is 14.7. The van der Waals surface area contributed by atoms with E-state index < -0.39 is 18.2 Å². The van der Waals surface area contributed by atoms with E-state index in [0.29, 0.717) is 0 Å². The Hall–Kier alpha value is -2.41. The van der Waals surface area contributed by atoms with Gasteiger partial charge in [-0.1, -0.05) is 76.2 Å². The Labute approximate surface area is 162 Å². The summed E-state index contributed by atoms with van der Waals surface area (Å²) in [5.74, 6) is -0.833. The van der Waals surface area contributed by atoms with Gasteiger partial charge in [-0.05, 0) is 52.1 Å². The number of rotatable bonds is 2. The fourth-order valence-electron chi connectivity index (χ4n) is 4.71. The number of nitrogens with zero attached hydrogens (tertiary/aromatic N) is 1. The summed E-state index contributed by atoms with van der Waals surface area (Å²) in [5, 5.41) is 0. The standard InChI is InChI=1S/C25H27N/c1-17-11-14-22(26-16-17)19-12-13-20-21(15-19)25(4,5)23(24(20,2)3)18-9-7-6-8-10-18/h6-16,23H,1-5H3/i1D3,23D. The Morgan fingerprint density at radius 2 is 1.62 bits per heavy atom. The van der Waals surface area contributed by atoms with Crippen LogP contribution in [0.3, 0.4) is 0 Å². The molecule has 1 atom stereocenters. The van der Waals surface area contributed by atoms with Crippen molar-refractivity contribution in [2.75, 3.05) is 0 Å². The third-order valence-electron chi connectivity index (χ3n) is 5.74. The van der Waals surface area contributed by atoms with Gasteiger partial charge < -0.3 is 0 Å². The first-order valence-corrected chi connectivity index (χ1v) is 9.08. The Morgan fingerprint density at radius 1 is 0.885 bits per heavy atom. The lowest BCUT2D eigenvalue weighted by atomic mass is 9.67. The molecule has 0 bridgehead atoms. The monoisotopic (exact) mass is 345 g/mol. The predicted molar refractivity (Wildman–Crippen MR) is 110 cm³/mol. The fraction of sp³-hybridized carbons (Fsp3) is 0.320. The van der Waals surface area contributed by atoms with Crippen LogP contribution in [-0.4, -0.2) is 4.98 Å². The molecule has 132 valence electrons. The number of aryl methyl sites for hydroxylation is 1. The van der Waals surface area contributed by atoms with E-state index >= 15 is 0 Å². The van der Waals surface area contributed by atoms with Crippen molar-refractivity contribution in [3.63, 3.8) is 0 Å². The van der Waals surface area contributed by atoms with E-state index in [2.05, 4.69) is 56.9 Å². The highest BCUT2D eigenvalue weighted by molar-refractivity contribution is 5.65. The number of hydrogen-bond donors (Lipinski definition) is 0. The molecule has 1 heteroatoms. The van der Waals surface area contributed by atoms with Gasteiger partial charge in [0.1, 0.15) is 0 Å². The molecule has 0 aliphatic heterocycles. The molecule has 1 unspecified atom stereocenters. The Balaban J connectivity index is 1.84. The van der Waals surface area contributed by atoms with Gasteiger partial charge in [-0.15, -0.1) is 0 Å². The molecule has 2 aromatic carbocycles. The van der Waals surface area contributed by atoms with Crippen molar-refractivity contribution in [3.05, 3.63) is 89.1 Å². The van der Waals surface area contributed by atoms with Crippen LogP contribution in [0.5, 0.6) is 0 Å². The molecule has 0 spiro atoms. The lowest BCUT2D eigenvalue weighted by Gasteiger charge is -2.36. The molecule has 0 saturated heterocycles. The second kappa shape index (κ2) is 5.81. The minimum atomic E-state index is -2.16. The van der Waals surface area contributed by atoms with E-state index in [4.69, 9.17) is 4.11 Å². The molecule has 1 aliphatic carbocycles. The van der Waals surface area contributed by atoms with Crippen LogP contribution in [0, 0.1) is 6.85 Å². The zero-order chi connectivity index (χ0) is 21.9. The average molecular weight is 346 g/mol. The maximum Gasteiger partial charge on any atom is 0.0702 e. The number of benzene rings is 2. The summed E-state index contributed by atoms with van der Waals surface area (Å²) in [7, 11) is 0. The van der Waals surface area contributed by atoms with Crippen molar-refractivity contribution < 1.29 is 5.48 Å². The molecular weight excluding hydrogens is 314 g/mol. The normalized spacial score (nSPS) is 25.5. The summed E-state index contributed by atoms with van der Waals surface area (Å²) in [6.07, 6.45) is 1.43. The van der Waals surface area contributed by atoms with E-state index in [1.807, 2.05) is 24.3 Å². The van der Waals surface area contributed by atoms with Crippen LogP contribution in [0.25, 0.3) is 11.3 Å². The van der Waals surface area contributed by atoms with Gasteiger partial charge in [0.15, 0.2) is 0 Å². The summed E-state index contributed by atoms with van der Waals surface area (Å²) < 4.78 is 32.3. The molecule has 3 aromatic rings. The molecule has 0 amide bonds. The average Bonchev–Trinajstić information content (AvgIpc) is 2.83. The van der Waals surface area contributed by atoms with Gasteiger partial charge in [0.05, 0.1) is 5.69 Å². The van der Waals surface area contributed by atoms with Crippen LogP contribution in [-0.2, 0) is 10.8 Å². The zero-order valence-corrected chi connectivity index (χ0v) is 15.8. The summed E-state index contributed by atoms with van der Waals surface area (Å²) in [5.41, 5.74) is 4.43. The predicted octanol–water partition coefficient (Wildman–Crippen LogP) is 6.41. The SMILES string of the molecule is [2H]C([2H])([2H])c1ccc(-c2ccc3c(c2)C(C)(C)C([2H])(c2ccccc2)C3(C)C)nc1. The molecule has 4 rings (SSSR count). The Bertz CT molecular complexity index is 1080. The highest BCUT2D eigenvalue weighted by Gasteiger charge is 2.51. The van der Waals surface area contributed by atoms with Gasteiger partial charge in [-0.25, -0.2) is 0 Å². The molecule has 1 nitrogen and oxygen atoms in total. The third kappa shape index (κ3) is 2.49. The number of fused-ring (bicyclic) bond motifs is 1. The summed E-state index contributed by atoms with van der Waals surface area (Å²) >= 11 is 0. The maximum atomic E-state index is 9.71. The van der Waals surface area contributed by atoms with Crippen LogP contribution < -0.4 is 0 Å². The van der Waals surface area contributed by atoms with Crippen LogP contribution in [0.1, 0.15) is 61.3 Å². The zero-order valence-electron chi connectivity index (χ0n) is 19.8. The van der Waals surface area contributed by atoms with Gasteiger partial charge in [0, 0.05) is 23.1 Å². The smallest absolute Gasteiger partial charge is 0.0702 e. The summed E-state index contributed by atoms with van der Waals surface area (Å²) in [4.78, 5) is 4.41. The number of aromatic nitrogens is 1. The molecule has 0 saturated carbocycles. The van der Waals surface area contributed by atoms with E-state index in [9.17, 15) is 1.37 Å². The van der Waals surface area contributed by atoms with Gasteiger partial charge in [-0.3, -0.25) is 4.98 Å². The first-order chi connectivity index (χ1) is 13.9. The largest absolute Gasteiger partial charge is 0.256 e. The van der Waals surface area contributed by atoms with Crippen molar-refractivity contribution in [1.82, 2.24) is 4.98 Å². The summed E-state index contributed by atoms with van der Waals surface area (Å²) in [6, 6.07) is 19.8. The van der Waals surface area contributed by atoms with Crippen molar-refractivity contribution in [3.8, 4) is 11.3 Å². The highest BCUT2D eigenvalue weighted by Crippen LogP contribution is 2.58. The maximum absolute atomic E-state index is 9.71. The van der Waals surface area contributed by atoms with Gasteiger partial charge in [0.2, 0.25) is 0 Å². The number of pyridine rings is 1. The van der Waals surface area contributed by atoms with E-state index in [1.165, 1.54) is 11.8 Å². The minimum absolute atomic E-state index is 0.239. The fourth-order valence-corrected chi connectivity index (χ4v) is 4.71. The topological polar surface area (TPSA) is 12.9 Å². The van der Waals surface area contributed by atoms with Gasteiger partial charge in [-0.2, -0.15) is 0 Å². The molecule has 1 heterocycles. The van der Waals surface area contributed by atoms with Crippen molar-refractivity contribution in [2.45, 2.75) is 51.3 Å². The molecule has 0 N–H and O–H groups in total. The lowest BCUT2D eigenvalue weighted by Crippen LogP contribution is -2.31. The Morgan fingerprint density at radius 3 is 2.27 bits per heavy atom. The van der Waals surface area contributed by atoms with Crippen molar-refractivity contribution in [2.24, 2.45) is 0 Å². The molecule has 1 aromatic heterocycles. The van der Waals surface area contributed by atoms with E-state index in [0.717, 1.165) is 22.4 Å². The van der Waals surface area contributed by atoms with E-state index in [-0.39, 0.29) is 11.0 Å². The van der Waals surface area contributed by atoms with Crippen molar-refractivity contribution >= 4 is 0 Å². The number of hydrogen-bond acceptors (Lipinski definition) is 1. The lowest BCUT2D eigenvalue weighted by molar-refractivity contribution is 0.330.